The third kappa shape index (κ3) is 4.41. The number of thiophene rings is 1. The second-order valence-electron chi connectivity index (χ2n) is 8.21. The van der Waals surface area contributed by atoms with Crippen LogP contribution in [0.3, 0.4) is 0 Å². The van der Waals surface area contributed by atoms with Gasteiger partial charge in [-0.25, -0.2) is 4.39 Å². The molecule has 7 heteroatoms. The SMILES string of the molecule is O=C(NCCC(=O)N1CCc2sccc2C1)c1cc2ccccc2n1Cc1ccccc1F. The molecule has 0 fully saturated rings. The number of carbonyl (C=O) groups excluding carboxylic acids is 2. The van der Waals surface area contributed by atoms with E-state index in [9.17, 15) is 14.0 Å². The van der Waals surface area contributed by atoms with E-state index in [0.29, 0.717) is 17.8 Å². The molecule has 1 aliphatic rings. The summed E-state index contributed by atoms with van der Waals surface area (Å²) in [5.74, 6) is -0.532. The molecule has 2 aromatic heterocycles. The summed E-state index contributed by atoms with van der Waals surface area (Å²) in [5, 5.41) is 5.87. The summed E-state index contributed by atoms with van der Waals surface area (Å²) >= 11 is 1.74. The Hall–Kier alpha value is -3.45. The van der Waals surface area contributed by atoms with Crippen molar-refractivity contribution in [1.82, 2.24) is 14.8 Å². The number of fused-ring (bicyclic) bond motifs is 2. The molecule has 0 unspecified atom stereocenters. The first-order valence-corrected chi connectivity index (χ1v) is 11.9. The van der Waals surface area contributed by atoms with Gasteiger partial charge in [0.2, 0.25) is 5.91 Å². The van der Waals surface area contributed by atoms with Crippen LogP contribution in [0.25, 0.3) is 10.9 Å². The first kappa shape index (κ1) is 21.4. The lowest BCUT2D eigenvalue weighted by Gasteiger charge is -2.27. The summed E-state index contributed by atoms with van der Waals surface area (Å²) in [4.78, 5) is 28.9. The van der Waals surface area contributed by atoms with Gasteiger partial charge in [0.1, 0.15) is 11.5 Å². The molecule has 168 valence electrons. The summed E-state index contributed by atoms with van der Waals surface area (Å²) in [6, 6.07) is 18.1. The fourth-order valence-electron chi connectivity index (χ4n) is 4.36. The van der Waals surface area contributed by atoms with Crippen molar-refractivity contribution in [3.63, 3.8) is 0 Å². The zero-order chi connectivity index (χ0) is 22.8. The molecule has 1 N–H and O–H groups in total. The quantitative estimate of drug-likeness (QED) is 0.457. The Morgan fingerprint density at radius 1 is 1.06 bits per heavy atom. The van der Waals surface area contributed by atoms with E-state index in [2.05, 4.69) is 16.8 Å². The largest absolute Gasteiger partial charge is 0.350 e. The maximum atomic E-state index is 14.3. The third-order valence-electron chi connectivity index (χ3n) is 6.11. The van der Waals surface area contributed by atoms with Crippen LogP contribution in [0.1, 0.15) is 32.9 Å². The smallest absolute Gasteiger partial charge is 0.267 e. The monoisotopic (exact) mass is 461 g/mol. The second kappa shape index (κ2) is 9.19. The van der Waals surface area contributed by atoms with E-state index < -0.39 is 0 Å². The van der Waals surface area contributed by atoms with Gasteiger partial charge in [-0.05, 0) is 41.6 Å². The van der Waals surface area contributed by atoms with E-state index in [4.69, 9.17) is 0 Å². The van der Waals surface area contributed by atoms with Gasteiger partial charge in [0, 0.05) is 47.4 Å². The molecule has 0 bridgehead atoms. The molecular weight excluding hydrogens is 437 g/mol. The highest BCUT2D eigenvalue weighted by molar-refractivity contribution is 7.10. The van der Waals surface area contributed by atoms with E-state index in [1.165, 1.54) is 16.5 Å². The fraction of sp³-hybridized carbons (Fsp3) is 0.231. The minimum absolute atomic E-state index is 0.0408. The Morgan fingerprint density at radius 3 is 2.76 bits per heavy atom. The molecule has 2 aromatic carbocycles. The standard InChI is InChI=1S/C26H24FN3O2S/c27-21-7-3-1-6-19(21)17-30-22-8-4-2-5-18(22)15-23(30)26(32)28-12-9-25(31)29-13-10-24-20(16-29)11-14-33-24/h1-8,11,14-15H,9-10,12-13,16-17H2,(H,28,32). The van der Waals surface area contributed by atoms with Gasteiger partial charge >= 0.3 is 0 Å². The van der Waals surface area contributed by atoms with Crippen molar-refractivity contribution >= 4 is 34.1 Å². The van der Waals surface area contributed by atoms with E-state index in [-0.39, 0.29) is 37.1 Å². The van der Waals surface area contributed by atoms with Crippen LogP contribution in [0.4, 0.5) is 4.39 Å². The van der Waals surface area contributed by atoms with Crippen LogP contribution in [-0.4, -0.2) is 34.4 Å². The minimum Gasteiger partial charge on any atom is -0.350 e. The van der Waals surface area contributed by atoms with E-state index >= 15 is 0 Å². The summed E-state index contributed by atoms with van der Waals surface area (Å²) in [5.41, 5.74) is 3.05. The molecule has 0 radical (unpaired) electrons. The number of nitrogens with zero attached hydrogens (tertiary/aromatic N) is 2. The van der Waals surface area contributed by atoms with E-state index in [0.717, 1.165) is 23.9 Å². The maximum absolute atomic E-state index is 14.3. The summed E-state index contributed by atoms with van der Waals surface area (Å²) in [6.45, 7) is 1.87. The molecule has 0 saturated carbocycles. The van der Waals surface area contributed by atoms with Gasteiger partial charge in [0.05, 0.1) is 6.54 Å². The Bertz CT molecular complexity index is 1330. The van der Waals surface area contributed by atoms with Gasteiger partial charge in [0.25, 0.3) is 5.91 Å². The molecule has 0 aliphatic carbocycles. The average molecular weight is 462 g/mol. The molecule has 0 spiro atoms. The zero-order valence-corrected chi connectivity index (χ0v) is 18.9. The van der Waals surface area contributed by atoms with Crippen molar-refractivity contribution in [3.05, 3.63) is 93.6 Å². The number of halogens is 1. The first-order chi connectivity index (χ1) is 16.1. The average Bonchev–Trinajstić information content (AvgIpc) is 3.45. The number of aromatic nitrogens is 1. The highest BCUT2D eigenvalue weighted by Crippen LogP contribution is 2.25. The third-order valence-corrected chi connectivity index (χ3v) is 7.14. The zero-order valence-electron chi connectivity index (χ0n) is 18.1. The van der Waals surface area contributed by atoms with Crippen LogP contribution in [0, 0.1) is 5.82 Å². The molecule has 1 aliphatic heterocycles. The van der Waals surface area contributed by atoms with E-state index in [1.807, 2.05) is 39.8 Å². The highest BCUT2D eigenvalue weighted by Gasteiger charge is 2.22. The van der Waals surface area contributed by atoms with Crippen LogP contribution in [-0.2, 0) is 24.3 Å². The van der Waals surface area contributed by atoms with Crippen molar-refractivity contribution in [2.75, 3.05) is 13.1 Å². The number of hydrogen-bond donors (Lipinski definition) is 1. The molecule has 0 atom stereocenters. The molecule has 0 saturated heterocycles. The lowest BCUT2D eigenvalue weighted by molar-refractivity contribution is -0.131. The van der Waals surface area contributed by atoms with Gasteiger partial charge in [-0.1, -0.05) is 36.4 Å². The van der Waals surface area contributed by atoms with Crippen molar-refractivity contribution in [2.24, 2.45) is 0 Å². The predicted octanol–water partition coefficient (Wildman–Crippen LogP) is 4.60. The van der Waals surface area contributed by atoms with Gasteiger partial charge < -0.3 is 14.8 Å². The minimum atomic E-state index is -0.303. The van der Waals surface area contributed by atoms with Gasteiger partial charge in [0.15, 0.2) is 0 Å². The van der Waals surface area contributed by atoms with Crippen LogP contribution >= 0.6 is 11.3 Å². The lowest BCUT2D eigenvalue weighted by Crippen LogP contribution is -2.37. The summed E-state index contributed by atoms with van der Waals surface area (Å²) in [7, 11) is 0. The molecule has 5 rings (SSSR count). The van der Waals surface area contributed by atoms with Crippen LogP contribution in [0.15, 0.2) is 66.0 Å². The Balaban J connectivity index is 1.28. The van der Waals surface area contributed by atoms with E-state index in [1.54, 1.807) is 29.5 Å². The van der Waals surface area contributed by atoms with Crippen molar-refractivity contribution in [3.8, 4) is 0 Å². The highest BCUT2D eigenvalue weighted by atomic mass is 32.1. The Labute approximate surface area is 195 Å². The van der Waals surface area contributed by atoms with Gasteiger partial charge in [-0.2, -0.15) is 0 Å². The van der Waals surface area contributed by atoms with Crippen molar-refractivity contribution in [2.45, 2.75) is 25.9 Å². The van der Waals surface area contributed by atoms with Crippen LogP contribution in [0.5, 0.6) is 0 Å². The van der Waals surface area contributed by atoms with Gasteiger partial charge in [-0.15, -0.1) is 11.3 Å². The number of carbonyl (C=O) groups is 2. The molecule has 5 nitrogen and oxygen atoms in total. The first-order valence-electron chi connectivity index (χ1n) is 11.0. The Kier molecular flexibility index (Phi) is 5.96. The molecule has 2 amide bonds. The topological polar surface area (TPSA) is 54.3 Å². The maximum Gasteiger partial charge on any atom is 0.267 e. The lowest BCUT2D eigenvalue weighted by atomic mass is 10.1. The van der Waals surface area contributed by atoms with Crippen molar-refractivity contribution in [1.29, 1.82) is 0 Å². The number of benzene rings is 2. The number of hydrogen-bond acceptors (Lipinski definition) is 3. The molecule has 33 heavy (non-hydrogen) atoms. The Morgan fingerprint density at radius 2 is 1.88 bits per heavy atom. The summed E-state index contributed by atoms with van der Waals surface area (Å²) in [6.07, 6.45) is 1.14. The molecule has 4 aromatic rings. The van der Waals surface area contributed by atoms with Gasteiger partial charge in [-0.3, -0.25) is 9.59 Å². The van der Waals surface area contributed by atoms with Crippen LogP contribution in [0.2, 0.25) is 0 Å². The number of rotatable bonds is 6. The second-order valence-corrected chi connectivity index (χ2v) is 9.21. The van der Waals surface area contributed by atoms with Crippen LogP contribution < -0.4 is 5.32 Å². The number of amides is 2. The number of para-hydroxylation sites is 1. The normalized spacial score (nSPS) is 13.2. The summed E-state index contributed by atoms with van der Waals surface area (Å²) < 4.78 is 16.1. The van der Waals surface area contributed by atoms with Crippen molar-refractivity contribution < 1.29 is 14.0 Å². The fourth-order valence-corrected chi connectivity index (χ4v) is 5.25. The predicted molar refractivity (Wildman–Crippen MR) is 128 cm³/mol. The number of nitrogens with one attached hydrogen (secondary N) is 1. The molecular formula is C26H24FN3O2S. The molecule has 3 heterocycles.